The number of aromatic amines is 1. The first-order valence-electron chi connectivity index (χ1n) is 6.78. The van der Waals surface area contributed by atoms with Gasteiger partial charge in [-0.3, -0.25) is 9.59 Å². The zero-order valence-electron chi connectivity index (χ0n) is 11.1. The van der Waals surface area contributed by atoms with Crippen LogP contribution in [-0.2, 0) is 4.79 Å². The molecule has 0 unspecified atom stereocenters. The van der Waals surface area contributed by atoms with E-state index >= 15 is 0 Å². The number of carbonyl (C=O) groups is 2. The van der Waals surface area contributed by atoms with E-state index in [1.54, 1.807) is 0 Å². The van der Waals surface area contributed by atoms with Gasteiger partial charge in [0, 0.05) is 18.5 Å². The molecule has 20 heavy (non-hydrogen) atoms. The maximum Gasteiger partial charge on any atom is 0.329 e. The van der Waals surface area contributed by atoms with Gasteiger partial charge >= 0.3 is 5.97 Å². The van der Waals surface area contributed by atoms with Crippen molar-refractivity contribution in [3.63, 3.8) is 0 Å². The van der Waals surface area contributed by atoms with E-state index in [2.05, 4.69) is 10.3 Å². The number of carboxylic acids is 1. The maximum absolute atomic E-state index is 12.2. The third-order valence-corrected chi connectivity index (χ3v) is 3.79. The number of carbonyl (C=O) groups excluding carboxylic acids is 1. The molecular formula is C14H18N2O4. The summed E-state index contributed by atoms with van der Waals surface area (Å²) < 4.78 is 0. The highest BCUT2D eigenvalue weighted by Crippen LogP contribution is 2.27. The molecule has 1 saturated carbocycles. The maximum atomic E-state index is 12.2. The van der Waals surface area contributed by atoms with Gasteiger partial charge < -0.3 is 15.4 Å². The van der Waals surface area contributed by atoms with Crippen LogP contribution in [0, 0.1) is 0 Å². The van der Waals surface area contributed by atoms with Gasteiger partial charge in [-0.2, -0.15) is 0 Å². The van der Waals surface area contributed by atoms with Crippen LogP contribution in [0.25, 0.3) is 0 Å². The number of nitrogens with one attached hydrogen (secondary N) is 2. The lowest BCUT2D eigenvalue weighted by atomic mass is 9.90. The van der Waals surface area contributed by atoms with Crippen LogP contribution in [0.15, 0.2) is 23.3 Å². The van der Waals surface area contributed by atoms with E-state index in [-0.39, 0.29) is 5.56 Å². The Morgan fingerprint density at radius 3 is 2.40 bits per heavy atom. The second-order valence-corrected chi connectivity index (χ2v) is 5.18. The van der Waals surface area contributed by atoms with Crippen molar-refractivity contribution in [2.24, 2.45) is 0 Å². The molecular weight excluding hydrogens is 260 g/mol. The molecule has 0 spiro atoms. The molecule has 0 bridgehead atoms. The van der Waals surface area contributed by atoms with Crippen molar-refractivity contribution in [1.29, 1.82) is 0 Å². The summed E-state index contributed by atoms with van der Waals surface area (Å²) in [5, 5.41) is 12.0. The molecule has 1 aliphatic carbocycles. The SMILES string of the molecule is O=C(NC1(C(=O)O)CCCCCC1)c1c[nH]ccc1=O. The van der Waals surface area contributed by atoms with Crippen molar-refractivity contribution in [2.45, 2.75) is 44.1 Å². The third kappa shape index (κ3) is 2.89. The molecule has 1 amide bonds. The van der Waals surface area contributed by atoms with E-state index in [1.807, 2.05) is 0 Å². The van der Waals surface area contributed by atoms with E-state index in [4.69, 9.17) is 0 Å². The molecule has 0 aliphatic heterocycles. The molecule has 1 aliphatic rings. The van der Waals surface area contributed by atoms with Gasteiger partial charge in [0.05, 0.1) is 0 Å². The molecule has 1 fully saturated rings. The van der Waals surface area contributed by atoms with Crippen LogP contribution in [0.5, 0.6) is 0 Å². The standard InChI is InChI=1S/C14H18N2O4/c17-11-5-8-15-9-10(11)12(18)16-14(13(19)20)6-3-1-2-4-7-14/h5,8-9H,1-4,6-7H2,(H,15,17)(H,16,18)(H,19,20). The van der Waals surface area contributed by atoms with Crippen molar-refractivity contribution >= 4 is 11.9 Å². The highest BCUT2D eigenvalue weighted by Gasteiger charge is 2.40. The van der Waals surface area contributed by atoms with Gasteiger partial charge in [0.2, 0.25) is 0 Å². The summed E-state index contributed by atoms with van der Waals surface area (Å²) in [5.41, 5.74) is -1.73. The largest absolute Gasteiger partial charge is 0.480 e. The van der Waals surface area contributed by atoms with E-state index in [0.717, 1.165) is 25.7 Å². The van der Waals surface area contributed by atoms with Gasteiger partial charge in [0.25, 0.3) is 5.91 Å². The smallest absolute Gasteiger partial charge is 0.329 e. The van der Waals surface area contributed by atoms with Crippen LogP contribution in [0.3, 0.4) is 0 Å². The van der Waals surface area contributed by atoms with Crippen LogP contribution in [-0.4, -0.2) is 27.5 Å². The average Bonchev–Trinajstić information content (AvgIpc) is 2.65. The number of aromatic nitrogens is 1. The van der Waals surface area contributed by atoms with Gasteiger partial charge in [0.1, 0.15) is 11.1 Å². The van der Waals surface area contributed by atoms with Gasteiger partial charge in [-0.15, -0.1) is 0 Å². The van der Waals surface area contributed by atoms with Crippen molar-refractivity contribution in [3.05, 3.63) is 34.2 Å². The van der Waals surface area contributed by atoms with Crippen molar-refractivity contribution < 1.29 is 14.7 Å². The van der Waals surface area contributed by atoms with Crippen LogP contribution < -0.4 is 10.7 Å². The highest BCUT2D eigenvalue weighted by atomic mass is 16.4. The first kappa shape index (κ1) is 14.3. The lowest BCUT2D eigenvalue weighted by molar-refractivity contribution is -0.145. The van der Waals surface area contributed by atoms with Crippen LogP contribution >= 0.6 is 0 Å². The summed E-state index contributed by atoms with van der Waals surface area (Å²) in [6.07, 6.45) is 6.99. The quantitative estimate of drug-likeness (QED) is 0.725. The molecule has 2 rings (SSSR count). The van der Waals surface area contributed by atoms with Crippen molar-refractivity contribution in [1.82, 2.24) is 10.3 Å². The number of pyridine rings is 1. The Balaban J connectivity index is 2.24. The lowest BCUT2D eigenvalue weighted by Crippen LogP contribution is -2.54. The topological polar surface area (TPSA) is 99.3 Å². The number of amides is 1. The molecule has 0 aromatic carbocycles. The first-order valence-corrected chi connectivity index (χ1v) is 6.78. The summed E-state index contributed by atoms with van der Waals surface area (Å²) in [5.74, 6) is -1.66. The Kier molecular flexibility index (Phi) is 4.22. The highest BCUT2D eigenvalue weighted by molar-refractivity contribution is 5.97. The second kappa shape index (κ2) is 5.90. The molecule has 108 valence electrons. The summed E-state index contributed by atoms with van der Waals surface area (Å²) in [6, 6.07) is 1.25. The zero-order valence-corrected chi connectivity index (χ0v) is 11.1. The van der Waals surface area contributed by atoms with E-state index in [9.17, 15) is 19.5 Å². The van der Waals surface area contributed by atoms with E-state index < -0.39 is 22.8 Å². The fourth-order valence-corrected chi connectivity index (χ4v) is 2.60. The minimum Gasteiger partial charge on any atom is -0.480 e. The van der Waals surface area contributed by atoms with Crippen molar-refractivity contribution in [3.8, 4) is 0 Å². The molecule has 0 atom stereocenters. The number of hydrogen-bond donors (Lipinski definition) is 3. The number of rotatable bonds is 3. The molecule has 3 N–H and O–H groups in total. The Bertz CT molecular complexity index is 556. The molecule has 0 radical (unpaired) electrons. The first-order chi connectivity index (χ1) is 9.55. The number of aliphatic carboxylic acids is 1. The van der Waals surface area contributed by atoms with E-state index in [0.29, 0.717) is 12.8 Å². The van der Waals surface area contributed by atoms with Gasteiger partial charge in [0.15, 0.2) is 5.43 Å². The summed E-state index contributed by atoms with van der Waals surface area (Å²) in [4.78, 5) is 38.0. The van der Waals surface area contributed by atoms with E-state index in [1.165, 1.54) is 18.5 Å². The molecule has 1 heterocycles. The van der Waals surface area contributed by atoms with Gasteiger partial charge in [-0.25, -0.2) is 4.79 Å². The number of H-pyrrole nitrogens is 1. The zero-order chi connectivity index (χ0) is 14.6. The van der Waals surface area contributed by atoms with Gasteiger partial charge in [-0.1, -0.05) is 25.7 Å². The molecule has 6 nitrogen and oxygen atoms in total. The fourth-order valence-electron chi connectivity index (χ4n) is 2.60. The summed E-state index contributed by atoms with van der Waals surface area (Å²) in [7, 11) is 0. The average molecular weight is 278 g/mol. The van der Waals surface area contributed by atoms with Crippen LogP contribution in [0.2, 0.25) is 0 Å². The Morgan fingerprint density at radius 1 is 1.20 bits per heavy atom. The Labute approximate surface area is 116 Å². The molecule has 1 aromatic rings. The second-order valence-electron chi connectivity index (χ2n) is 5.18. The summed E-state index contributed by atoms with van der Waals surface area (Å²) >= 11 is 0. The Morgan fingerprint density at radius 2 is 1.85 bits per heavy atom. The minimum absolute atomic E-state index is 0.0580. The molecule has 1 aromatic heterocycles. The summed E-state index contributed by atoms with van der Waals surface area (Å²) in [6.45, 7) is 0. The minimum atomic E-state index is -1.25. The number of hydrogen-bond acceptors (Lipinski definition) is 3. The van der Waals surface area contributed by atoms with Gasteiger partial charge in [-0.05, 0) is 12.8 Å². The third-order valence-electron chi connectivity index (χ3n) is 3.79. The molecule has 6 heteroatoms. The Hall–Kier alpha value is -2.11. The molecule has 0 saturated heterocycles. The van der Waals surface area contributed by atoms with Crippen LogP contribution in [0.1, 0.15) is 48.9 Å². The predicted octanol–water partition coefficient (Wildman–Crippen LogP) is 1.28. The lowest BCUT2D eigenvalue weighted by Gasteiger charge is -2.29. The number of carboxylic acid groups (broad SMARTS) is 1. The predicted molar refractivity (Wildman–Crippen MR) is 72.6 cm³/mol. The monoisotopic (exact) mass is 278 g/mol. The normalized spacial score (nSPS) is 18.0. The van der Waals surface area contributed by atoms with Crippen molar-refractivity contribution in [2.75, 3.05) is 0 Å². The fraction of sp³-hybridized carbons (Fsp3) is 0.500. The van der Waals surface area contributed by atoms with Crippen LogP contribution in [0.4, 0.5) is 0 Å².